The Morgan fingerprint density at radius 2 is 1.64 bits per heavy atom. The van der Waals surface area contributed by atoms with Gasteiger partial charge in [0.1, 0.15) is 36.1 Å². The number of rotatable bonds is 14. The van der Waals surface area contributed by atoms with Crippen LogP contribution in [0.15, 0.2) is 30.4 Å². The molecular formula is C41H46N2O15. The van der Waals surface area contributed by atoms with E-state index in [1.807, 2.05) is 6.92 Å². The highest BCUT2D eigenvalue weighted by Gasteiger charge is 2.50. The lowest BCUT2D eigenvalue weighted by Crippen LogP contribution is -2.49. The molecule has 2 unspecified atom stereocenters. The van der Waals surface area contributed by atoms with Gasteiger partial charge in [-0.05, 0) is 51.5 Å². The van der Waals surface area contributed by atoms with Crippen molar-refractivity contribution in [2.45, 2.75) is 94.8 Å². The number of carbonyl (C=O) groups excluding carboxylic acids is 6. The summed E-state index contributed by atoms with van der Waals surface area (Å²) in [7, 11) is 1.34. The summed E-state index contributed by atoms with van der Waals surface area (Å²) in [4.78, 5) is 78.3. The van der Waals surface area contributed by atoms with Gasteiger partial charge >= 0.3 is 0 Å². The minimum atomic E-state index is -2.21. The third-order valence-corrected chi connectivity index (χ3v) is 11.2. The lowest BCUT2D eigenvalue weighted by atomic mass is 9.72. The van der Waals surface area contributed by atoms with E-state index in [0.29, 0.717) is 25.7 Å². The van der Waals surface area contributed by atoms with Crippen molar-refractivity contribution < 1.29 is 72.5 Å². The number of nitrogens with zero attached hydrogens (tertiary/aromatic N) is 1. The normalized spacial score (nSPS) is 26.6. The second-order valence-corrected chi connectivity index (χ2v) is 15.1. The van der Waals surface area contributed by atoms with Crippen LogP contribution in [0, 0.1) is 0 Å². The first-order valence-corrected chi connectivity index (χ1v) is 19.4. The van der Waals surface area contributed by atoms with E-state index in [9.17, 15) is 44.1 Å². The van der Waals surface area contributed by atoms with Gasteiger partial charge in [0.05, 0.1) is 48.7 Å². The van der Waals surface area contributed by atoms with E-state index in [2.05, 4.69) is 5.32 Å². The Morgan fingerprint density at radius 1 is 0.914 bits per heavy atom. The van der Waals surface area contributed by atoms with Crippen LogP contribution in [0.25, 0.3) is 0 Å². The number of fused-ring (bicyclic) bond motifs is 3. The van der Waals surface area contributed by atoms with Crippen LogP contribution in [0.2, 0.25) is 0 Å². The van der Waals surface area contributed by atoms with Crippen molar-refractivity contribution in [3.05, 3.63) is 63.7 Å². The van der Waals surface area contributed by atoms with Crippen molar-refractivity contribution in [2.24, 2.45) is 0 Å². The number of hydrogen-bond donors (Lipinski definition) is 4. The van der Waals surface area contributed by atoms with Crippen LogP contribution in [0.5, 0.6) is 17.2 Å². The minimum Gasteiger partial charge on any atom is -0.507 e. The van der Waals surface area contributed by atoms with E-state index in [0.717, 1.165) is 29.9 Å². The largest absolute Gasteiger partial charge is 0.507 e. The third-order valence-electron chi connectivity index (χ3n) is 11.2. The molecule has 2 saturated heterocycles. The van der Waals surface area contributed by atoms with Gasteiger partial charge in [0.2, 0.25) is 11.7 Å². The van der Waals surface area contributed by atoms with E-state index >= 15 is 0 Å². The number of hydrogen-bond acceptors (Lipinski definition) is 15. The second kappa shape index (κ2) is 17.1. The standard InChI is InChI=1S/C41H46N2O15/c1-21-6-3-11-32(56-21)58-26-17-41(52,16-24-34(26)40(51)36-35(38(24)49)37(48)23-8-5-9-25(53-2)33(23)39(36)50)27(44)19-55-31-10-4-7-22(57-31)18-54-20-28(45)42-14-15-43-29(46)12-13-30(43)47/h5,8-9,12-13,21-22,26,31-32,49,51-52H,3-4,6-7,10-11,14-20H2,1-2H3,(H,42,45)/t21-,22?,26-,31?,32-,41-/m0/s1. The average Bonchev–Trinajstić information content (AvgIpc) is 3.52. The lowest BCUT2D eigenvalue weighted by molar-refractivity contribution is -0.225. The summed E-state index contributed by atoms with van der Waals surface area (Å²) < 4.78 is 35.0. The minimum absolute atomic E-state index is 0.0285. The van der Waals surface area contributed by atoms with Gasteiger partial charge in [0.15, 0.2) is 24.1 Å². The van der Waals surface area contributed by atoms with E-state index in [1.54, 1.807) is 0 Å². The van der Waals surface area contributed by atoms with Gasteiger partial charge in [-0.2, -0.15) is 0 Å². The fourth-order valence-electron chi connectivity index (χ4n) is 8.20. The highest BCUT2D eigenvalue weighted by Crippen LogP contribution is 2.52. The first-order valence-electron chi connectivity index (χ1n) is 19.4. The first kappa shape index (κ1) is 41.1. The van der Waals surface area contributed by atoms with Gasteiger partial charge in [-0.3, -0.25) is 33.7 Å². The summed E-state index contributed by atoms with van der Waals surface area (Å²) in [6, 6.07) is 4.44. The number of nitrogens with one attached hydrogen (secondary N) is 1. The molecule has 0 bridgehead atoms. The SMILES string of the molecule is COc1cccc2c1C(=O)c1c(O)c3c(c(O)c1C2=O)C[C@@](O)(C(=O)COC1CCCC(COCC(=O)NCCN2C(=O)C=CC2=O)O1)C[C@@H]3O[C@H]1CCC[C@H](C)O1. The van der Waals surface area contributed by atoms with Crippen molar-refractivity contribution in [3.63, 3.8) is 0 Å². The number of carbonyl (C=O) groups is 6. The van der Waals surface area contributed by atoms with Gasteiger partial charge < -0.3 is 49.1 Å². The molecule has 17 heteroatoms. The van der Waals surface area contributed by atoms with Crippen molar-refractivity contribution in [3.8, 4) is 17.2 Å². The Morgan fingerprint density at radius 3 is 2.38 bits per heavy atom. The summed E-state index contributed by atoms with van der Waals surface area (Å²) in [6.45, 7) is 1.12. The Bertz CT molecular complexity index is 2030. The Kier molecular flexibility index (Phi) is 12.1. The maximum atomic E-state index is 14.0. The number of Topliss-reactive ketones (excluding diaryl/α,β-unsaturated/α-hetero) is 1. The molecule has 7 rings (SSSR count). The van der Waals surface area contributed by atoms with E-state index in [4.69, 9.17) is 28.4 Å². The molecule has 6 atom stereocenters. The van der Waals surface area contributed by atoms with E-state index in [-0.39, 0.29) is 60.4 Å². The van der Waals surface area contributed by atoms with E-state index in [1.165, 1.54) is 25.3 Å². The molecule has 58 heavy (non-hydrogen) atoms. The molecule has 2 aliphatic carbocycles. The van der Waals surface area contributed by atoms with Gasteiger partial charge in [-0.15, -0.1) is 0 Å². The number of ether oxygens (including phenoxy) is 6. The van der Waals surface area contributed by atoms with Crippen LogP contribution < -0.4 is 10.1 Å². The Hall–Kier alpha value is -5.04. The number of benzene rings is 2. The summed E-state index contributed by atoms with van der Waals surface area (Å²) in [5.41, 5.74) is -3.35. The van der Waals surface area contributed by atoms with Crippen molar-refractivity contribution >= 4 is 35.1 Å². The molecule has 3 heterocycles. The highest BCUT2D eigenvalue weighted by atomic mass is 16.7. The molecule has 0 aromatic heterocycles. The van der Waals surface area contributed by atoms with Crippen LogP contribution >= 0.6 is 0 Å². The van der Waals surface area contributed by atoms with Crippen LogP contribution in [-0.2, 0) is 49.3 Å². The monoisotopic (exact) mass is 806 g/mol. The number of phenolic OH excluding ortho intramolecular Hbond substituents is 2. The topological polar surface area (TPSA) is 234 Å². The summed E-state index contributed by atoms with van der Waals surface area (Å²) in [5.74, 6) is -4.75. The molecule has 3 amide bonds. The van der Waals surface area contributed by atoms with E-state index < -0.39 is 108 Å². The Labute approximate surface area is 333 Å². The lowest BCUT2D eigenvalue weighted by Gasteiger charge is -2.41. The zero-order chi connectivity index (χ0) is 41.3. The fourth-order valence-corrected chi connectivity index (χ4v) is 8.20. The fraction of sp³-hybridized carbons (Fsp3) is 0.512. The number of phenols is 2. The molecule has 3 aliphatic heterocycles. The maximum Gasteiger partial charge on any atom is 0.253 e. The second-order valence-electron chi connectivity index (χ2n) is 15.1. The smallest absolute Gasteiger partial charge is 0.253 e. The van der Waals surface area contributed by atoms with Crippen LogP contribution in [0.4, 0.5) is 0 Å². The molecule has 0 saturated carbocycles. The van der Waals surface area contributed by atoms with Gasteiger partial charge in [0, 0.05) is 54.8 Å². The number of imide groups is 1. The van der Waals surface area contributed by atoms with Crippen molar-refractivity contribution in [1.82, 2.24) is 10.2 Å². The summed E-state index contributed by atoms with van der Waals surface area (Å²) in [6.07, 6.45) is 1.58. The number of aromatic hydroxyl groups is 2. The zero-order valence-electron chi connectivity index (χ0n) is 32.2. The third kappa shape index (κ3) is 8.15. The molecule has 4 N–H and O–H groups in total. The number of ketones is 3. The quantitative estimate of drug-likeness (QED) is 0.135. The maximum absolute atomic E-state index is 14.0. The predicted octanol–water partition coefficient (Wildman–Crippen LogP) is 2.07. The van der Waals surface area contributed by atoms with Crippen LogP contribution in [0.1, 0.15) is 101 Å². The molecule has 0 radical (unpaired) electrons. The summed E-state index contributed by atoms with van der Waals surface area (Å²) in [5, 5.41) is 38.2. The highest BCUT2D eigenvalue weighted by molar-refractivity contribution is 6.31. The molecule has 0 spiro atoms. The molecule has 17 nitrogen and oxygen atoms in total. The molecular weight excluding hydrogens is 760 g/mol. The Balaban J connectivity index is 1.02. The average molecular weight is 807 g/mol. The van der Waals surface area contributed by atoms with Crippen molar-refractivity contribution in [2.75, 3.05) is 40.0 Å². The number of methoxy groups -OCH3 is 1. The van der Waals surface area contributed by atoms with Crippen LogP contribution in [0.3, 0.4) is 0 Å². The van der Waals surface area contributed by atoms with Crippen molar-refractivity contribution in [1.29, 1.82) is 0 Å². The molecule has 310 valence electrons. The molecule has 2 aromatic carbocycles. The number of aliphatic hydroxyl groups is 1. The van der Waals surface area contributed by atoms with Gasteiger partial charge in [-0.25, -0.2) is 0 Å². The van der Waals surface area contributed by atoms with Gasteiger partial charge in [0.25, 0.3) is 11.8 Å². The first-order chi connectivity index (χ1) is 27.8. The molecule has 2 aromatic rings. The molecule has 2 fully saturated rings. The summed E-state index contributed by atoms with van der Waals surface area (Å²) >= 11 is 0. The van der Waals surface area contributed by atoms with Gasteiger partial charge in [-0.1, -0.05) is 12.1 Å². The zero-order valence-corrected chi connectivity index (χ0v) is 32.2. The predicted molar refractivity (Wildman–Crippen MR) is 198 cm³/mol. The van der Waals surface area contributed by atoms with Crippen LogP contribution in [-0.4, -0.2) is 126 Å². The molecule has 5 aliphatic rings. The number of amides is 3.